The van der Waals surface area contributed by atoms with Gasteiger partial charge in [0, 0.05) is 12.2 Å². The molecule has 24 heavy (non-hydrogen) atoms. The Hall–Kier alpha value is -2.69. The molecule has 0 radical (unpaired) electrons. The molecular formula is C19H24N2O3. The molecule has 0 heterocycles. The lowest BCUT2D eigenvalue weighted by Gasteiger charge is -2.22. The van der Waals surface area contributed by atoms with Gasteiger partial charge in [0.05, 0.1) is 6.61 Å². The number of aryl methyl sites for hydroxylation is 1. The number of benzene rings is 2. The minimum atomic E-state index is -0.186. The van der Waals surface area contributed by atoms with Crippen LogP contribution < -0.4 is 19.7 Å². The average molecular weight is 328 g/mol. The van der Waals surface area contributed by atoms with Gasteiger partial charge < -0.3 is 14.8 Å². The molecule has 0 aliphatic carbocycles. The van der Waals surface area contributed by atoms with E-state index in [0.29, 0.717) is 18.9 Å². The first-order valence-electron chi connectivity index (χ1n) is 8.11. The lowest BCUT2D eigenvalue weighted by atomic mass is 10.2. The number of hydrogen-bond acceptors (Lipinski definition) is 3. The van der Waals surface area contributed by atoms with Crippen LogP contribution in [0.3, 0.4) is 0 Å². The highest BCUT2D eigenvalue weighted by Gasteiger charge is 2.13. The maximum atomic E-state index is 12.3. The number of urea groups is 1. The average Bonchev–Trinajstić information content (AvgIpc) is 2.57. The molecule has 0 spiro atoms. The monoisotopic (exact) mass is 328 g/mol. The summed E-state index contributed by atoms with van der Waals surface area (Å²) in [6.07, 6.45) is 0. The normalized spacial score (nSPS) is 10.1. The first-order valence-corrected chi connectivity index (χ1v) is 8.11. The molecule has 5 heteroatoms. The molecule has 2 aromatic carbocycles. The van der Waals surface area contributed by atoms with Crippen molar-refractivity contribution < 1.29 is 14.3 Å². The van der Waals surface area contributed by atoms with Gasteiger partial charge in [-0.05, 0) is 62.7 Å². The van der Waals surface area contributed by atoms with Crippen LogP contribution in [0.2, 0.25) is 0 Å². The van der Waals surface area contributed by atoms with E-state index >= 15 is 0 Å². The summed E-state index contributed by atoms with van der Waals surface area (Å²) >= 11 is 0. The van der Waals surface area contributed by atoms with E-state index in [0.717, 1.165) is 17.0 Å². The van der Waals surface area contributed by atoms with Crippen molar-refractivity contribution >= 4 is 11.7 Å². The van der Waals surface area contributed by atoms with Crippen LogP contribution in [0.15, 0.2) is 48.5 Å². The van der Waals surface area contributed by atoms with Gasteiger partial charge in [-0.15, -0.1) is 0 Å². The highest BCUT2D eigenvalue weighted by Crippen LogP contribution is 2.18. The van der Waals surface area contributed by atoms with Crippen LogP contribution in [0, 0.1) is 6.92 Å². The van der Waals surface area contributed by atoms with Crippen LogP contribution in [-0.4, -0.2) is 25.9 Å². The van der Waals surface area contributed by atoms with Crippen molar-refractivity contribution in [1.29, 1.82) is 0 Å². The van der Waals surface area contributed by atoms with E-state index in [-0.39, 0.29) is 12.8 Å². The summed E-state index contributed by atoms with van der Waals surface area (Å²) in [6.45, 7) is 7.20. The Balaban J connectivity index is 1.87. The molecule has 0 bridgehead atoms. The van der Waals surface area contributed by atoms with Crippen molar-refractivity contribution in [2.75, 3.05) is 24.8 Å². The third kappa shape index (κ3) is 4.91. The molecule has 0 aromatic heterocycles. The molecule has 2 aromatic rings. The lowest BCUT2D eigenvalue weighted by Crippen LogP contribution is -2.41. The number of carbonyl (C=O) groups excluding carboxylic acids is 1. The highest BCUT2D eigenvalue weighted by molar-refractivity contribution is 5.91. The lowest BCUT2D eigenvalue weighted by molar-refractivity contribution is 0.229. The Bertz CT molecular complexity index is 656. The minimum absolute atomic E-state index is 0.106. The van der Waals surface area contributed by atoms with Crippen molar-refractivity contribution in [1.82, 2.24) is 5.32 Å². The smallest absolute Gasteiger partial charge is 0.324 e. The third-order valence-corrected chi connectivity index (χ3v) is 3.47. The van der Waals surface area contributed by atoms with Gasteiger partial charge in [0.15, 0.2) is 6.73 Å². The van der Waals surface area contributed by atoms with Gasteiger partial charge in [-0.25, -0.2) is 4.79 Å². The van der Waals surface area contributed by atoms with Crippen molar-refractivity contribution in [2.45, 2.75) is 20.8 Å². The van der Waals surface area contributed by atoms with Gasteiger partial charge >= 0.3 is 6.03 Å². The zero-order valence-corrected chi connectivity index (χ0v) is 14.4. The molecule has 2 rings (SSSR count). The van der Waals surface area contributed by atoms with Crippen LogP contribution in [0.5, 0.6) is 11.5 Å². The number of amides is 2. The SMILES string of the molecule is CCOc1ccc(OCNC(=O)N(CC)c2cccc(C)c2)cc1. The standard InChI is InChI=1S/C19H24N2O3/c1-4-21(16-8-6-7-15(3)13-16)19(22)20-14-24-18-11-9-17(10-12-18)23-5-2/h6-13H,4-5,14H2,1-3H3,(H,20,22). The predicted octanol–water partition coefficient (Wildman–Crippen LogP) is 3.97. The topological polar surface area (TPSA) is 50.8 Å². The second-order valence-electron chi connectivity index (χ2n) is 5.26. The second-order valence-corrected chi connectivity index (χ2v) is 5.26. The van der Waals surface area contributed by atoms with E-state index in [2.05, 4.69) is 5.32 Å². The number of ether oxygens (including phenoxy) is 2. The van der Waals surface area contributed by atoms with E-state index in [9.17, 15) is 4.79 Å². The van der Waals surface area contributed by atoms with E-state index in [4.69, 9.17) is 9.47 Å². The number of nitrogens with one attached hydrogen (secondary N) is 1. The summed E-state index contributed by atoms with van der Waals surface area (Å²) in [5, 5.41) is 2.77. The molecule has 0 aliphatic heterocycles. The molecule has 0 aliphatic rings. The third-order valence-electron chi connectivity index (χ3n) is 3.47. The highest BCUT2D eigenvalue weighted by atomic mass is 16.5. The molecule has 1 N–H and O–H groups in total. The number of nitrogens with zero attached hydrogens (tertiary/aromatic N) is 1. The van der Waals surface area contributed by atoms with Gasteiger partial charge in [-0.3, -0.25) is 4.90 Å². The van der Waals surface area contributed by atoms with Gasteiger partial charge in [0.25, 0.3) is 0 Å². The zero-order valence-electron chi connectivity index (χ0n) is 14.4. The summed E-state index contributed by atoms with van der Waals surface area (Å²) in [7, 11) is 0. The van der Waals surface area contributed by atoms with Crippen molar-refractivity contribution in [3.05, 3.63) is 54.1 Å². The Kier molecular flexibility index (Phi) is 6.49. The van der Waals surface area contributed by atoms with Crippen LogP contribution in [0.1, 0.15) is 19.4 Å². The van der Waals surface area contributed by atoms with E-state index in [1.807, 2.05) is 69.3 Å². The molecule has 0 unspecified atom stereocenters. The van der Waals surface area contributed by atoms with Crippen molar-refractivity contribution in [3.8, 4) is 11.5 Å². The largest absolute Gasteiger partial charge is 0.494 e. The molecule has 0 fully saturated rings. The summed E-state index contributed by atoms with van der Waals surface area (Å²) in [6, 6.07) is 15.0. The van der Waals surface area contributed by atoms with Crippen molar-refractivity contribution in [2.24, 2.45) is 0 Å². The summed E-state index contributed by atoms with van der Waals surface area (Å²) < 4.78 is 10.9. The van der Waals surface area contributed by atoms with Crippen LogP contribution in [0.25, 0.3) is 0 Å². The summed E-state index contributed by atoms with van der Waals surface area (Å²) in [4.78, 5) is 14.0. The molecule has 5 nitrogen and oxygen atoms in total. The fourth-order valence-corrected chi connectivity index (χ4v) is 2.31. The number of carbonyl (C=O) groups is 1. The molecule has 2 amide bonds. The molecule has 0 atom stereocenters. The first-order chi connectivity index (χ1) is 11.6. The number of rotatable bonds is 7. The molecular weight excluding hydrogens is 304 g/mol. The number of anilines is 1. The first kappa shape index (κ1) is 17.7. The Morgan fingerprint density at radius 1 is 1.04 bits per heavy atom. The van der Waals surface area contributed by atoms with Gasteiger partial charge in [-0.1, -0.05) is 12.1 Å². The second kappa shape index (κ2) is 8.82. The van der Waals surface area contributed by atoms with E-state index in [1.165, 1.54) is 0 Å². The minimum Gasteiger partial charge on any atom is -0.494 e. The van der Waals surface area contributed by atoms with Gasteiger partial charge in [-0.2, -0.15) is 0 Å². The zero-order chi connectivity index (χ0) is 17.4. The predicted molar refractivity (Wildman–Crippen MR) is 95.8 cm³/mol. The van der Waals surface area contributed by atoms with Gasteiger partial charge in [0.1, 0.15) is 11.5 Å². The van der Waals surface area contributed by atoms with Crippen LogP contribution >= 0.6 is 0 Å². The fourth-order valence-electron chi connectivity index (χ4n) is 2.31. The summed E-state index contributed by atoms with van der Waals surface area (Å²) in [5.74, 6) is 1.47. The van der Waals surface area contributed by atoms with Crippen molar-refractivity contribution in [3.63, 3.8) is 0 Å². The Morgan fingerprint density at radius 2 is 1.71 bits per heavy atom. The maximum absolute atomic E-state index is 12.3. The summed E-state index contributed by atoms with van der Waals surface area (Å²) in [5.41, 5.74) is 1.99. The molecule has 128 valence electrons. The van der Waals surface area contributed by atoms with Gasteiger partial charge in [0.2, 0.25) is 0 Å². The Morgan fingerprint density at radius 3 is 2.29 bits per heavy atom. The molecule has 0 saturated carbocycles. The van der Waals surface area contributed by atoms with Crippen LogP contribution in [0.4, 0.5) is 10.5 Å². The quantitative estimate of drug-likeness (QED) is 0.783. The maximum Gasteiger partial charge on any atom is 0.324 e. The van der Waals surface area contributed by atoms with E-state index < -0.39 is 0 Å². The molecule has 0 saturated heterocycles. The number of hydrogen-bond donors (Lipinski definition) is 1. The van der Waals surface area contributed by atoms with E-state index in [1.54, 1.807) is 4.90 Å². The Labute approximate surface area is 143 Å². The fraction of sp³-hybridized carbons (Fsp3) is 0.316. The van der Waals surface area contributed by atoms with Crippen LogP contribution in [-0.2, 0) is 0 Å².